The highest BCUT2D eigenvalue weighted by atomic mass is 35.5. The minimum absolute atomic E-state index is 0.0102. The molecule has 2 aromatic rings. The number of nitro benzene ring substituents is 1. The number of nitrogens with zero attached hydrogens (tertiary/aromatic N) is 1. The van der Waals surface area contributed by atoms with Gasteiger partial charge in [0.25, 0.3) is 5.69 Å². The van der Waals surface area contributed by atoms with Crippen molar-refractivity contribution in [3.05, 3.63) is 51.2 Å². The van der Waals surface area contributed by atoms with Crippen LogP contribution in [0.25, 0.3) is 11.3 Å². The second kappa shape index (κ2) is 4.50. The third kappa shape index (κ3) is 2.18. The fourth-order valence-corrected chi connectivity index (χ4v) is 1.76. The molecule has 0 aliphatic carbocycles. The average molecular weight is 267 g/mol. The number of rotatable bonds is 3. The number of non-ortho nitro benzene ring substituents is 1. The van der Waals surface area contributed by atoms with Gasteiger partial charge < -0.3 is 10.1 Å². The lowest BCUT2D eigenvalue weighted by atomic mass is 10.1. The molecular weight excluding hydrogens is 260 g/mol. The van der Waals surface area contributed by atoms with Gasteiger partial charge in [-0.15, -0.1) is 0 Å². The first-order valence-corrected chi connectivity index (χ1v) is 5.23. The van der Waals surface area contributed by atoms with Crippen LogP contribution in [0.4, 0.5) is 5.69 Å². The van der Waals surface area contributed by atoms with E-state index in [0.29, 0.717) is 11.3 Å². The van der Waals surface area contributed by atoms with Crippen molar-refractivity contribution in [2.24, 2.45) is 0 Å². The van der Waals surface area contributed by atoms with Crippen molar-refractivity contribution < 1.29 is 14.8 Å². The maximum absolute atomic E-state index is 10.8. The molecule has 92 valence electrons. The van der Waals surface area contributed by atoms with Crippen LogP contribution in [0.1, 0.15) is 10.4 Å². The predicted molar refractivity (Wildman–Crippen MR) is 64.9 cm³/mol. The van der Waals surface area contributed by atoms with E-state index in [2.05, 4.69) is 4.98 Å². The molecule has 0 saturated carbocycles. The smallest absolute Gasteiger partial charge is 0.338 e. The van der Waals surface area contributed by atoms with E-state index in [4.69, 9.17) is 16.7 Å². The maximum Gasteiger partial charge on any atom is 0.338 e. The summed E-state index contributed by atoms with van der Waals surface area (Å²) in [4.78, 5) is 23.6. The fourth-order valence-electron chi connectivity index (χ4n) is 1.53. The van der Waals surface area contributed by atoms with Crippen molar-refractivity contribution in [2.45, 2.75) is 0 Å². The van der Waals surface area contributed by atoms with E-state index >= 15 is 0 Å². The van der Waals surface area contributed by atoms with Crippen LogP contribution < -0.4 is 0 Å². The zero-order chi connectivity index (χ0) is 13.3. The van der Waals surface area contributed by atoms with Gasteiger partial charge in [-0.2, -0.15) is 0 Å². The molecule has 6 nitrogen and oxygen atoms in total. The molecule has 0 bridgehead atoms. The molecule has 0 radical (unpaired) electrons. The number of nitrogens with one attached hydrogen (secondary N) is 1. The SMILES string of the molecule is O=C(O)c1cc(-c2cccc([N+](=O)[O-])c2)[nH]c1Cl. The average Bonchev–Trinajstić information content (AvgIpc) is 2.71. The number of halogens is 1. The molecule has 18 heavy (non-hydrogen) atoms. The second-order valence-corrected chi connectivity index (χ2v) is 3.90. The Labute approximate surface area is 106 Å². The number of aromatic amines is 1. The summed E-state index contributed by atoms with van der Waals surface area (Å²) in [6.45, 7) is 0. The Morgan fingerprint density at radius 2 is 2.11 bits per heavy atom. The Morgan fingerprint density at radius 3 is 2.67 bits per heavy atom. The minimum atomic E-state index is -1.16. The number of carbonyl (C=O) groups is 1. The number of carboxylic acid groups (broad SMARTS) is 1. The number of carboxylic acids is 1. The molecule has 0 aliphatic heterocycles. The fraction of sp³-hybridized carbons (Fsp3) is 0. The molecule has 0 aliphatic rings. The molecule has 7 heteroatoms. The molecule has 1 aromatic carbocycles. The Balaban J connectivity index is 2.49. The van der Waals surface area contributed by atoms with Crippen LogP contribution in [0.15, 0.2) is 30.3 Å². The van der Waals surface area contributed by atoms with Gasteiger partial charge in [0, 0.05) is 23.4 Å². The van der Waals surface area contributed by atoms with E-state index in [1.807, 2.05) is 0 Å². The molecular formula is C11H7ClN2O4. The van der Waals surface area contributed by atoms with Crippen LogP contribution in [0.2, 0.25) is 5.15 Å². The first-order chi connectivity index (χ1) is 8.49. The number of aromatic carboxylic acids is 1. The standard InChI is InChI=1S/C11H7ClN2O4/c12-10-8(11(15)16)5-9(13-10)6-2-1-3-7(4-6)14(17)18/h1-5,13H,(H,15,16). The summed E-state index contributed by atoms with van der Waals surface area (Å²) in [5.41, 5.74) is 0.771. The molecule has 0 amide bonds. The summed E-state index contributed by atoms with van der Waals surface area (Å²) >= 11 is 5.72. The molecule has 0 saturated heterocycles. The van der Waals surface area contributed by atoms with E-state index in [0.717, 1.165) is 0 Å². The second-order valence-electron chi connectivity index (χ2n) is 3.52. The summed E-state index contributed by atoms with van der Waals surface area (Å²) < 4.78 is 0. The Morgan fingerprint density at radius 1 is 1.39 bits per heavy atom. The summed E-state index contributed by atoms with van der Waals surface area (Å²) in [6.07, 6.45) is 0. The lowest BCUT2D eigenvalue weighted by molar-refractivity contribution is -0.384. The summed E-state index contributed by atoms with van der Waals surface area (Å²) in [5, 5.41) is 19.5. The van der Waals surface area contributed by atoms with Crippen molar-refractivity contribution in [3.63, 3.8) is 0 Å². The van der Waals surface area contributed by atoms with Gasteiger partial charge in [-0.25, -0.2) is 4.79 Å². The summed E-state index contributed by atoms with van der Waals surface area (Å²) in [7, 11) is 0. The van der Waals surface area contributed by atoms with Gasteiger partial charge in [-0.05, 0) is 6.07 Å². The monoisotopic (exact) mass is 266 g/mol. The number of hydrogen-bond donors (Lipinski definition) is 2. The van der Waals surface area contributed by atoms with Gasteiger partial charge >= 0.3 is 5.97 Å². The Kier molecular flexibility index (Phi) is 3.03. The van der Waals surface area contributed by atoms with Crippen molar-refractivity contribution >= 4 is 23.3 Å². The van der Waals surface area contributed by atoms with Gasteiger partial charge in [0.05, 0.1) is 10.5 Å². The highest BCUT2D eigenvalue weighted by Gasteiger charge is 2.15. The normalized spacial score (nSPS) is 10.3. The van der Waals surface area contributed by atoms with Crippen molar-refractivity contribution in [2.75, 3.05) is 0 Å². The highest BCUT2D eigenvalue weighted by Crippen LogP contribution is 2.27. The third-order valence-electron chi connectivity index (χ3n) is 2.37. The van der Waals surface area contributed by atoms with Gasteiger partial charge in [0.2, 0.25) is 0 Å². The first-order valence-electron chi connectivity index (χ1n) is 4.85. The van der Waals surface area contributed by atoms with Crippen molar-refractivity contribution in [3.8, 4) is 11.3 Å². The van der Waals surface area contributed by atoms with Crippen molar-refractivity contribution in [1.82, 2.24) is 4.98 Å². The molecule has 2 N–H and O–H groups in total. The molecule has 1 heterocycles. The predicted octanol–water partition coefficient (Wildman–Crippen LogP) is 2.94. The molecule has 0 atom stereocenters. The van der Waals surface area contributed by atoms with Gasteiger partial charge in [0.15, 0.2) is 0 Å². The molecule has 0 unspecified atom stereocenters. The van der Waals surface area contributed by atoms with Crippen LogP contribution >= 0.6 is 11.6 Å². The minimum Gasteiger partial charge on any atom is -0.478 e. The van der Waals surface area contributed by atoms with E-state index in [1.54, 1.807) is 6.07 Å². The molecule has 1 aromatic heterocycles. The molecule has 2 rings (SSSR count). The van der Waals surface area contributed by atoms with Crippen LogP contribution in [0, 0.1) is 10.1 Å². The number of aromatic nitrogens is 1. The first kappa shape index (κ1) is 12.1. The zero-order valence-corrected chi connectivity index (χ0v) is 9.64. The number of hydrogen-bond acceptors (Lipinski definition) is 3. The number of benzene rings is 1. The van der Waals surface area contributed by atoms with E-state index in [-0.39, 0.29) is 16.4 Å². The Hall–Kier alpha value is -2.34. The summed E-state index contributed by atoms with van der Waals surface area (Å²) in [5.74, 6) is -1.16. The lowest BCUT2D eigenvalue weighted by Crippen LogP contribution is -1.93. The maximum atomic E-state index is 10.8. The highest BCUT2D eigenvalue weighted by molar-refractivity contribution is 6.32. The van der Waals surface area contributed by atoms with E-state index in [9.17, 15) is 14.9 Å². The van der Waals surface area contributed by atoms with Crippen LogP contribution in [0.5, 0.6) is 0 Å². The van der Waals surface area contributed by atoms with Gasteiger partial charge in [-0.3, -0.25) is 10.1 Å². The van der Waals surface area contributed by atoms with Gasteiger partial charge in [-0.1, -0.05) is 23.7 Å². The topological polar surface area (TPSA) is 96.2 Å². The summed E-state index contributed by atoms with van der Waals surface area (Å²) in [6, 6.07) is 7.17. The van der Waals surface area contributed by atoms with E-state index < -0.39 is 10.9 Å². The van der Waals surface area contributed by atoms with Crippen molar-refractivity contribution in [1.29, 1.82) is 0 Å². The quantitative estimate of drug-likeness (QED) is 0.659. The zero-order valence-electron chi connectivity index (χ0n) is 8.88. The Bertz CT molecular complexity index is 636. The lowest BCUT2D eigenvalue weighted by Gasteiger charge is -1.97. The van der Waals surface area contributed by atoms with Crippen LogP contribution in [-0.2, 0) is 0 Å². The number of nitro groups is 1. The number of H-pyrrole nitrogens is 1. The van der Waals surface area contributed by atoms with E-state index in [1.165, 1.54) is 24.3 Å². The third-order valence-corrected chi connectivity index (χ3v) is 2.67. The van der Waals surface area contributed by atoms with Crippen LogP contribution in [0.3, 0.4) is 0 Å². The van der Waals surface area contributed by atoms with Crippen LogP contribution in [-0.4, -0.2) is 21.0 Å². The molecule has 0 fully saturated rings. The largest absolute Gasteiger partial charge is 0.478 e. The molecule has 0 spiro atoms. The van der Waals surface area contributed by atoms with Gasteiger partial charge in [0.1, 0.15) is 5.15 Å².